The van der Waals surface area contributed by atoms with Crippen molar-refractivity contribution >= 4 is 16.5 Å². The molecular weight excluding hydrogens is 258 g/mol. The minimum atomic E-state index is 0.287. The molecule has 1 aliphatic heterocycles. The van der Waals surface area contributed by atoms with Gasteiger partial charge in [-0.3, -0.25) is 0 Å². The number of morpholine rings is 1. The molecule has 1 aliphatic rings. The van der Waals surface area contributed by atoms with E-state index < -0.39 is 0 Å². The molecule has 19 heavy (non-hydrogen) atoms. The lowest BCUT2D eigenvalue weighted by molar-refractivity contribution is 0.0343. The minimum Gasteiger partial charge on any atom is -0.375 e. The Labute approximate surface area is 120 Å². The lowest BCUT2D eigenvalue weighted by Gasteiger charge is -2.36. The molecule has 5 heteroatoms. The Bertz CT molecular complexity index is 419. The van der Waals surface area contributed by atoms with E-state index in [0.29, 0.717) is 12.0 Å². The van der Waals surface area contributed by atoms with E-state index in [1.165, 1.54) is 10.6 Å². The Morgan fingerprint density at radius 1 is 1.47 bits per heavy atom. The Kier molecular flexibility index (Phi) is 4.81. The summed E-state index contributed by atoms with van der Waals surface area (Å²) >= 11 is 1.82. The van der Waals surface area contributed by atoms with Crippen molar-refractivity contribution in [2.75, 3.05) is 25.1 Å². The van der Waals surface area contributed by atoms with Crippen molar-refractivity contribution in [3.05, 3.63) is 10.6 Å². The summed E-state index contributed by atoms with van der Waals surface area (Å²) in [5, 5.41) is 4.39. The first kappa shape index (κ1) is 14.8. The molecule has 0 bridgehead atoms. The highest BCUT2D eigenvalue weighted by atomic mass is 32.1. The van der Waals surface area contributed by atoms with E-state index in [1.807, 2.05) is 18.4 Å². The van der Waals surface area contributed by atoms with Crippen LogP contribution in [0.1, 0.15) is 44.2 Å². The quantitative estimate of drug-likeness (QED) is 0.921. The molecular formula is C14H25N3OS. The Morgan fingerprint density at radius 2 is 2.21 bits per heavy atom. The molecule has 0 spiro atoms. The predicted octanol–water partition coefficient (Wildman–Crippen LogP) is 2.60. The second kappa shape index (κ2) is 6.20. The fourth-order valence-corrected chi connectivity index (χ4v) is 3.72. The van der Waals surface area contributed by atoms with Crippen LogP contribution < -0.4 is 10.2 Å². The van der Waals surface area contributed by atoms with Crippen LogP contribution in [-0.4, -0.2) is 37.3 Å². The van der Waals surface area contributed by atoms with Gasteiger partial charge in [-0.15, -0.1) is 11.3 Å². The van der Waals surface area contributed by atoms with Gasteiger partial charge in [0.25, 0.3) is 0 Å². The van der Waals surface area contributed by atoms with Crippen LogP contribution in [-0.2, 0) is 11.3 Å². The number of hydrogen-bond acceptors (Lipinski definition) is 5. The maximum absolute atomic E-state index is 5.70. The van der Waals surface area contributed by atoms with Crippen LogP contribution in [0, 0.1) is 0 Å². The van der Waals surface area contributed by atoms with Gasteiger partial charge in [0.15, 0.2) is 5.13 Å². The van der Waals surface area contributed by atoms with Gasteiger partial charge in [0, 0.05) is 18.0 Å². The number of thiazole rings is 1. The van der Waals surface area contributed by atoms with Crippen LogP contribution >= 0.6 is 11.3 Å². The summed E-state index contributed by atoms with van der Waals surface area (Å²) in [6.45, 7) is 11.4. The lowest BCUT2D eigenvalue weighted by atomic mass is 10.1. The number of nitrogens with zero attached hydrogens (tertiary/aromatic N) is 2. The van der Waals surface area contributed by atoms with Crippen molar-refractivity contribution in [1.29, 1.82) is 0 Å². The summed E-state index contributed by atoms with van der Waals surface area (Å²) in [7, 11) is 1.99. The maximum atomic E-state index is 5.70. The first-order chi connectivity index (χ1) is 9.02. The average molecular weight is 283 g/mol. The summed E-state index contributed by atoms with van der Waals surface area (Å²) in [6, 6.07) is 0.407. The van der Waals surface area contributed by atoms with E-state index in [2.05, 4.69) is 37.9 Å². The molecule has 1 aromatic rings. The zero-order valence-corrected chi connectivity index (χ0v) is 13.4. The van der Waals surface area contributed by atoms with E-state index >= 15 is 0 Å². The fraction of sp³-hybridized carbons (Fsp3) is 0.786. The highest BCUT2D eigenvalue weighted by Gasteiger charge is 2.27. The van der Waals surface area contributed by atoms with E-state index in [0.717, 1.165) is 24.8 Å². The number of nitrogens with one attached hydrogen (secondary N) is 1. The smallest absolute Gasteiger partial charge is 0.186 e. The van der Waals surface area contributed by atoms with E-state index in [4.69, 9.17) is 9.72 Å². The van der Waals surface area contributed by atoms with Crippen LogP contribution in [0.3, 0.4) is 0 Å². The molecule has 108 valence electrons. The second-order valence-corrected chi connectivity index (χ2v) is 6.70. The van der Waals surface area contributed by atoms with Gasteiger partial charge >= 0.3 is 0 Å². The predicted molar refractivity (Wildman–Crippen MR) is 81.2 cm³/mol. The van der Waals surface area contributed by atoms with Crippen molar-refractivity contribution < 1.29 is 4.74 Å². The molecule has 0 aliphatic carbocycles. The van der Waals surface area contributed by atoms with Gasteiger partial charge in [0.2, 0.25) is 0 Å². The molecule has 0 amide bonds. The normalized spacial score (nSPS) is 24.2. The van der Waals surface area contributed by atoms with E-state index in [9.17, 15) is 0 Å². The number of aromatic nitrogens is 1. The van der Waals surface area contributed by atoms with Crippen LogP contribution in [0.25, 0.3) is 0 Å². The number of hydrogen-bond donors (Lipinski definition) is 1. The topological polar surface area (TPSA) is 37.4 Å². The zero-order valence-electron chi connectivity index (χ0n) is 12.6. The number of anilines is 1. The molecule has 0 radical (unpaired) electrons. The monoisotopic (exact) mass is 283 g/mol. The molecule has 1 saturated heterocycles. The molecule has 2 atom stereocenters. The van der Waals surface area contributed by atoms with Crippen molar-refractivity contribution in [3.8, 4) is 0 Å². The van der Waals surface area contributed by atoms with Gasteiger partial charge < -0.3 is 15.0 Å². The van der Waals surface area contributed by atoms with Crippen LogP contribution in [0.5, 0.6) is 0 Å². The molecule has 1 aromatic heterocycles. The first-order valence-electron chi connectivity index (χ1n) is 7.05. The van der Waals surface area contributed by atoms with Gasteiger partial charge in [0.1, 0.15) is 0 Å². The summed E-state index contributed by atoms with van der Waals surface area (Å²) in [5.74, 6) is 0.474. The molecule has 0 saturated carbocycles. The zero-order chi connectivity index (χ0) is 14.0. The molecule has 0 aromatic carbocycles. The lowest BCUT2D eigenvalue weighted by Crippen LogP contribution is -2.47. The van der Waals surface area contributed by atoms with Crippen LogP contribution in [0.2, 0.25) is 0 Å². The van der Waals surface area contributed by atoms with Crippen molar-refractivity contribution in [1.82, 2.24) is 10.3 Å². The number of ether oxygens (including phenoxy) is 1. The summed E-state index contributed by atoms with van der Waals surface area (Å²) < 4.78 is 5.70. The third-order valence-corrected chi connectivity index (χ3v) is 4.56. The Balaban J connectivity index is 2.26. The Hall–Kier alpha value is -0.650. The summed E-state index contributed by atoms with van der Waals surface area (Å²) in [4.78, 5) is 8.64. The van der Waals surface area contributed by atoms with Gasteiger partial charge in [-0.2, -0.15) is 0 Å². The summed E-state index contributed by atoms with van der Waals surface area (Å²) in [5.41, 5.74) is 1.24. The third-order valence-electron chi connectivity index (χ3n) is 3.45. The van der Waals surface area contributed by atoms with Crippen LogP contribution in [0.15, 0.2) is 0 Å². The SMILES string of the molecule is CNCc1sc(N2CC(C)OCC2C)nc1C(C)C. The molecule has 2 rings (SSSR count). The highest BCUT2D eigenvalue weighted by molar-refractivity contribution is 7.15. The number of rotatable bonds is 4. The van der Waals surface area contributed by atoms with Gasteiger partial charge in [-0.1, -0.05) is 13.8 Å². The maximum Gasteiger partial charge on any atom is 0.186 e. The van der Waals surface area contributed by atoms with E-state index in [-0.39, 0.29) is 6.10 Å². The van der Waals surface area contributed by atoms with Gasteiger partial charge in [-0.05, 0) is 26.8 Å². The second-order valence-electron chi connectivity index (χ2n) is 5.64. The van der Waals surface area contributed by atoms with Gasteiger partial charge in [0.05, 0.1) is 24.4 Å². The van der Waals surface area contributed by atoms with Crippen LogP contribution in [0.4, 0.5) is 5.13 Å². The molecule has 1 fully saturated rings. The standard InChI is InChI=1S/C14H25N3OS/c1-9(2)13-12(6-15-5)19-14(16-13)17-7-11(4)18-8-10(17)3/h9-11,15H,6-8H2,1-5H3. The largest absolute Gasteiger partial charge is 0.375 e. The molecule has 1 N–H and O–H groups in total. The Morgan fingerprint density at radius 3 is 2.84 bits per heavy atom. The molecule has 2 heterocycles. The molecule has 2 unspecified atom stereocenters. The van der Waals surface area contributed by atoms with Crippen molar-refractivity contribution in [2.45, 2.75) is 52.3 Å². The summed E-state index contributed by atoms with van der Waals surface area (Å²) in [6.07, 6.45) is 0.287. The molecule has 4 nitrogen and oxygen atoms in total. The van der Waals surface area contributed by atoms with Crippen molar-refractivity contribution in [2.24, 2.45) is 0 Å². The average Bonchev–Trinajstić information content (AvgIpc) is 2.77. The first-order valence-corrected chi connectivity index (χ1v) is 7.87. The highest BCUT2D eigenvalue weighted by Crippen LogP contribution is 2.32. The fourth-order valence-electron chi connectivity index (χ4n) is 2.38. The third kappa shape index (κ3) is 3.27. The van der Waals surface area contributed by atoms with Gasteiger partial charge in [-0.25, -0.2) is 4.98 Å². The van der Waals surface area contributed by atoms with Crippen molar-refractivity contribution in [3.63, 3.8) is 0 Å². The minimum absolute atomic E-state index is 0.287. The van der Waals surface area contributed by atoms with E-state index in [1.54, 1.807) is 0 Å².